The first-order valence-corrected chi connectivity index (χ1v) is 4.73. The molecule has 0 bridgehead atoms. The van der Waals surface area contributed by atoms with E-state index < -0.39 is 0 Å². The summed E-state index contributed by atoms with van der Waals surface area (Å²) in [4.78, 5) is 10.1. The van der Waals surface area contributed by atoms with Crippen molar-refractivity contribution < 1.29 is 4.74 Å². The van der Waals surface area contributed by atoms with Gasteiger partial charge in [0.1, 0.15) is 11.2 Å². The van der Waals surface area contributed by atoms with E-state index in [1.165, 1.54) is 0 Å². The summed E-state index contributed by atoms with van der Waals surface area (Å²) in [5, 5.41) is 0. The summed E-state index contributed by atoms with van der Waals surface area (Å²) in [6.07, 6.45) is 3.21. The van der Waals surface area contributed by atoms with Crippen molar-refractivity contribution in [3.63, 3.8) is 0 Å². The standard InChI is InChI=1S/C8H12BrN3O/c1-12(2)3-4-13-8-6-10-7(9)5-11-8/h5-6H,3-4H2,1-2H3. The van der Waals surface area contributed by atoms with Crippen LogP contribution in [0.2, 0.25) is 0 Å². The van der Waals surface area contributed by atoms with Crippen LogP contribution in [0.15, 0.2) is 17.0 Å². The molecule has 0 aliphatic carbocycles. The number of nitrogens with zero attached hydrogens (tertiary/aromatic N) is 3. The average Bonchev–Trinajstić information content (AvgIpc) is 2.08. The van der Waals surface area contributed by atoms with Gasteiger partial charge in [0.15, 0.2) is 0 Å². The second-order valence-electron chi connectivity index (χ2n) is 2.83. The fourth-order valence-electron chi connectivity index (χ4n) is 0.708. The van der Waals surface area contributed by atoms with Crippen LogP contribution in [-0.4, -0.2) is 42.1 Å². The first kappa shape index (κ1) is 10.4. The summed E-state index contributed by atoms with van der Waals surface area (Å²) < 4.78 is 6.05. The van der Waals surface area contributed by atoms with Crippen LogP contribution >= 0.6 is 15.9 Å². The SMILES string of the molecule is CN(C)CCOc1cnc(Br)cn1. The zero-order valence-corrected chi connectivity index (χ0v) is 9.28. The molecule has 0 aliphatic rings. The lowest BCUT2D eigenvalue weighted by Crippen LogP contribution is -2.19. The highest BCUT2D eigenvalue weighted by Crippen LogP contribution is 2.07. The summed E-state index contributed by atoms with van der Waals surface area (Å²) in [6.45, 7) is 1.50. The van der Waals surface area contributed by atoms with Crippen molar-refractivity contribution >= 4 is 15.9 Å². The van der Waals surface area contributed by atoms with E-state index in [2.05, 4.69) is 25.9 Å². The lowest BCUT2D eigenvalue weighted by molar-refractivity contribution is 0.253. The van der Waals surface area contributed by atoms with Gasteiger partial charge in [0.05, 0.1) is 12.4 Å². The van der Waals surface area contributed by atoms with Crippen molar-refractivity contribution in [3.8, 4) is 5.88 Å². The van der Waals surface area contributed by atoms with Crippen molar-refractivity contribution in [2.45, 2.75) is 0 Å². The summed E-state index contributed by atoms with van der Waals surface area (Å²) in [5.74, 6) is 0.560. The Bertz CT molecular complexity index is 250. The molecule has 0 radical (unpaired) electrons. The molecule has 1 aromatic rings. The Morgan fingerprint density at radius 1 is 1.38 bits per heavy atom. The molecular weight excluding hydrogens is 234 g/mol. The fraction of sp³-hybridized carbons (Fsp3) is 0.500. The van der Waals surface area contributed by atoms with E-state index in [4.69, 9.17) is 4.74 Å². The van der Waals surface area contributed by atoms with Gasteiger partial charge in [-0.1, -0.05) is 0 Å². The molecule has 0 saturated carbocycles. The molecular formula is C8H12BrN3O. The van der Waals surface area contributed by atoms with Crippen LogP contribution in [0, 0.1) is 0 Å². The molecule has 0 N–H and O–H groups in total. The summed E-state index contributed by atoms with van der Waals surface area (Å²) in [5.41, 5.74) is 0. The van der Waals surface area contributed by atoms with Gasteiger partial charge in [-0.05, 0) is 30.0 Å². The summed E-state index contributed by atoms with van der Waals surface area (Å²) in [7, 11) is 3.99. The van der Waals surface area contributed by atoms with E-state index in [-0.39, 0.29) is 0 Å². The topological polar surface area (TPSA) is 38.2 Å². The molecule has 5 heteroatoms. The van der Waals surface area contributed by atoms with E-state index in [1.807, 2.05) is 19.0 Å². The maximum Gasteiger partial charge on any atom is 0.232 e. The van der Waals surface area contributed by atoms with Gasteiger partial charge in [-0.25, -0.2) is 9.97 Å². The third-order valence-corrected chi connectivity index (χ3v) is 1.79. The Morgan fingerprint density at radius 2 is 2.15 bits per heavy atom. The molecule has 0 atom stereocenters. The molecule has 1 rings (SSSR count). The summed E-state index contributed by atoms with van der Waals surface area (Å²) in [6, 6.07) is 0. The largest absolute Gasteiger partial charge is 0.475 e. The van der Waals surface area contributed by atoms with Crippen LogP contribution in [0.3, 0.4) is 0 Å². The third-order valence-electron chi connectivity index (χ3n) is 1.39. The Labute approximate surface area is 86.1 Å². The predicted molar refractivity (Wildman–Crippen MR) is 53.8 cm³/mol. The van der Waals surface area contributed by atoms with Gasteiger partial charge in [-0.3, -0.25) is 0 Å². The minimum Gasteiger partial charge on any atom is -0.475 e. The van der Waals surface area contributed by atoms with Gasteiger partial charge in [0, 0.05) is 6.54 Å². The molecule has 1 aromatic heterocycles. The second kappa shape index (κ2) is 5.14. The van der Waals surface area contributed by atoms with Crippen molar-refractivity contribution in [2.24, 2.45) is 0 Å². The van der Waals surface area contributed by atoms with Gasteiger partial charge in [-0.2, -0.15) is 0 Å². The van der Waals surface area contributed by atoms with E-state index in [0.717, 1.165) is 6.54 Å². The number of aromatic nitrogens is 2. The Balaban J connectivity index is 2.33. The fourth-order valence-corrected chi connectivity index (χ4v) is 0.913. The average molecular weight is 246 g/mol. The number of likely N-dealkylation sites (N-methyl/N-ethyl adjacent to an activating group) is 1. The lowest BCUT2D eigenvalue weighted by Gasteiger charge is -2.09. The minimum atomic E-state index is 0.560. The molecule has 4 nitrogen and oxygen atoms in total. The highest BCUT2D eigenvalue weighted by atomic mass is 79.9. The maximum atomic E-state index is 5.34. The van der Waals surface area contributed by atoms with Crippen LogP contribution in [-0.2, 0) is 0 Å². The van der Waals surface area contributed by atoms with Crippen molar-refractivity contribution in [2.75, 3.05) is 27.2 Å². The maximum absolute atomic E-state index is 5.34. The smallest absolute Gasteiger partial charge is 0.232 e. The third kappa shape index (κ3) is 4.19. The summed E-state index contributed by atoms with van der Waals surface area (Å²) >= 11 is 3.20. The van der Waals surface area contributed by atoms with E-state index in [1.54, 1.807) is 12.4 Å². The zero-order valence-electron chi connectivity index (χ0n) is 7.70. The van der Waals surface area contributed by atoms with Crippen molar-refractivity contribution in [1.29, 1.82) is 0 Å². The molecule has 0 saturated heterocycles. The number of hydrogen-bond acceptors (Lipinski definition) is 4. The first-order chi connectivity index (χ1) is 6.18. The molecule has 0 aromatic carbocycles. The number of ether oxygens (including phenoxy) is 1. The molecule has 13 heavy (non-hydrogen) atoms. The quantitative estimate of drug-likeness (QED) is 0.799. The zero-order chi connectivity index (χ0) is 9.68. The van der Waals surface area contributed by atoms with Gasteiger partial charge in [-0.15, -0.1) is 0 Å². The molecule has 1 heterocycles. The molecule has 72 valence electrons. The predicted octanol–water partition coefficient (Wildman–Crippen LogP) is 1.18. The van der Waals surface area contributed by atoms with Crippen LogP contribution in [0.25, 0.3) is 0 Å². The van der Waals surface area contributed by atoms with Gasteiger partial charge in [0.2, 0.25) is 5.88 Å². The molecule has 0 fully saturated rings. The van der Waals surface area contributed by atoms with Crippen LogP contribution in [0.5, 0.6) is 5.88 Å². The molecule has 0 unspecified atom stereocenters. The first-order valence-electron chi connectivity index (χ1n) is 3.93. The Morgan fingerprint density at radius 3 is 2.69 bits per heavy atom. The monoisotopic (exact) mass is 245 g/mol. The van der Waals surface area contributed by atoms with E-state index in [9.17, 15) is 0 Å². The van der Waals surface area contributed by atoms with Gasteiger partial charge in [0.25, 0.3) is 0 Å². The normalized spacial score (nSPS) is 10.5. The Kier molecular flexibility index (Phi) is 4.11. The minimum absolute atomic E-state index is 0.560. The van der Waals surface area contributed by atoms with Crippen molar-refractivity contribution in [3.05, 3.63) is 17.0 Å². The highest BCUT2D eigenvalue weighted by molar-refractivity contribution is 9.10. The van der Waals surface area contributed by atoms with Crippen LogP contribution < -0.4 is 4.74 Å². The molecule has 0 amide bonds. The Hall–Kier alpha value is -0.680. The molecule has 0 spiro atoms. The van der Waals surface area contributed by atoms with Gasteiger partial charge >= 0.3 is 0 Å². The molecule has 0 aliphatic heterocycles. The number of hydrogen-bond donors (Lipinski definition) is 0. The number of halogens is 1. The lowest BCUT2D eigenvalue weighted by atomic mass is 10.6. The van der Waals surface area contributed by atoms with E-state index >= 15 is 0 Å². The van der Waals surface area contributed by atoms with Crippen LogP contribution in [0.1, 0.15) is 0 Å². The highest BCUT2D eigenvalue weighted by Gasteiger charge is 1.96. The number of rotatable bonds is 4. The van der Waals surface area contributed by atoms with E-state index in [0.29, 0.717) is 17.1 Å². The van der Waals surface area contributed by atoms with Gasteiger partial charge < -0.3 is 9.64 Å². The second-order valence-corrected chi connectivity index (χ2v) is 3.64. The van der Waals surface area contributed by atoms with Crippen LogP contribution in [0.4, 0.5) is 0 Å². The van der Waals surface area contributed by atoms with Crippen molar-refractivity contribution in [1.82, 2.24) is 14.9 Å².